The molecule has 3 heteroatoms. The average molecular weight is 277 g/mol. The molecule has 0 radical (unpaired) electrons. The second-order valence-corrected chi connectivity index (χ2v) is 5.70. The summed E-state index contributed by atoms with van der Waals surface area (Å²) in [4.78, 5) is 4.83. The Morgan fingerprint density at radius 1 is 1.00 bits per heavy atom. The Morgan fingerprint density at radius 3 is 2.30 bits per heavy atom. The first-order valence-corrected chi connectivity index (χ1v) is 7.75. The van der Waals surface area contributed by atoms with Crippen LogP contribution in [0.15, 0.2) is 24.3 Å². The van der Waals surface area contributed by atoms with Gasteiger partial charge in [-0.15, -0.1) is 0 Å². The zero-order valence-electron chi connectivity index (χ0n) is 13.7. The van der Waals surface area contributed by atoms with E-state index in [9.17, 15) is 0 Å². The second-order valence-electron chi connectivity index (χ2n) is 5.70. The van der Waals surface area contributed by atoms with Crippen molar-refractivity contribution in [1.82, 2.24) is 15.1 Å². The molecule has 0 heterocycles. The summed E-state index contributed by atoms with van der Waals surface area (Å²) in [5.74, 6) is 0. The molecular weight excluding hydrogens is 246 g/mol. The molecule has 0 saturated heterocycles. The van der Waals surface area contributed by atoms with Crippen LogP contribution >= 0.6 is 0 Å². The van der Waals surface area contributed by atoms with Gasteiger partial charge in [0.25, 0.3) is 0 Å². The van der Waals surface area contributed by atoms with Crippen molar-refractivity contribution in [2.24, 2.45) is 0 Å². The van der Waals surface area contributed by atoms with Crippen LogP contribution in [0.4, 0.5) is 0 Å². The molecule has 0 saturated carbocycles. The van der Waals surface area contributed by atoms with Gasteiger partial charge in [0.05, 0.1) is 0 Å². The lowest BCUT2D eigenvalue weighted by Gasteiger charge is -2.24. The fraction of sp³-hybridized carbons (Fsp3) is 0.647. The Morgan fingerprint density at radius 2 is 1.70 bits per heavy atom. The predicted molar refractivity (Wildman–Crippen MR) is 88.2 cm³/mol. The Kier molecular flexibility index (Phi) is 8.51. The quantitative estimate of drug-likeness (QED) is 0.707. The highest BCUT2D eigenvalue weighted by atomic mass is 15.2. The van der Waals surface area contributed by atoms with Crippen molar-refractivity contribution in [2.75, 3.05) is 47.3 Å². The number of benzene rings is 1. The topological polar surface area (TPSA) is 18.5 Å². The monoisotopic (exact) mass is 277 g/mol. The molecule has 0 aliphatic heterocycles. The van der Waals surface area contributed by atoms with Gasteiger partial charge in [-0.2, -0.15) is 0 Å². The van der Waals surface area contributed by atoms with E-state index in [1.807, 2.05) is 7.05 Å². The standard InChI is InChI=1S/C17H31N3/c1-5-12-20(14-13-19(3)4)15-17-9-7-6-8-16(17)10-11-18-2/h6-9,18H,5,10-15H2,1-4H3. The van der Waals surface area contributed by atoms with Crippen molar-refractivity contribution in [1.29, 1.82) is 0 Å². The normalized spacial score (nSPS) is 11.5. The summed E-state index contributed by atoms with van der Waals surface area (Å²) in [6.45, 7) is 7.81. The number of hydrogen-bond acceptors (Lipinski definition) is 3. The Balaban J connectivity index is 2.66. The molecule has 1 N–H and O–H groups in total. The SMILES string of the molecule is CCCN(CCN(C)C)Cc1ccccc1CCNC. The van der Waals surface area contributed by atoms with Crippen molar-refractivity contribution in [3.63, 3.8) is 0 Å². The van der Waals surface area contributed by atoms with Gasteiger partial charge in [0, 0.05) is 19.6 Å². The smallest absolute Gasteiger partial charge is 0.0237 e. The van der Waals surface area contributed by atoms with E-state index in [-0.39, 0.29) is 0 Å². The first kappa shape index (κ1) is 17.2. The summed E-state index contributed by atoms with van der Waals surface area (Å²) in [6.07, 6.45) is 2.33. The van der Waals surface area contributed by atoms with Crippen molar-refractivity contribution in [3.05, 3.63) is 35.4 Å². The van der Waals surface area contributed by atoms with Crippen LogP contribution < -0.4 is 5.32 Å². The fourth-order valence-corrected chi connectivity index (χ4v) is 2.38. The van der Waals surface area contributed by atoms with E-state index in [4.69, 9.17) is 0 Å². The van der Waals surface area contributed by atoms with Crippen molar-refractivity contribution in [2.45, 2.75) is 26.3 Å². The number of likely N-dealkylation sites (N-methyl/N-ethyl adjacent to an activating group) is 2. The molecule has 0 bridgehead atoms. The van der Waals surface area contributed by atoms with E-state index >= 15 is 0 Å². The summed E-state index contributed by atoms with van der Waals surface area (Å²) in [5.41, 5.74) is 2.96. The molecule has 1 aromatic rings. The summed E-state index contributed by atoms with van der Waals surface area (Å²) in [5, 5.41) is 3.24. The number of rotatable bonds is 10. The first-order chi connectivity index (χ1) is 9.67. The third kappa shape index (κ3) is 6.51. The Hall–Kier alpha value is -0.900. The number of nitrogens with one attached hydrogen (secondary N) is 1. The van der Waals surface area contributed by atoms with E-state index in [1.165, 1.54) is 24.1 Å². The minimum Gasteiger partial charge on any atom is -0.319 e. The summed E-state index contributed by atoms with van der Waals surface area (Å²) >= 11 is 0. The van der Waals surface area contributed by atoms with Crippen LogP contribution in [0.25, 0.3) is 0 Å². The molecule has 0 fully saturated rings. The maximum absolute atomic E-state index is 3.24. The summed E-state index contributed by atoms with van der Waals surface area (Å²) in [7, 11) is 6.30. The van der Waals surface area contributed by atoms with Gasteiger partial charge >= 0.3 is 0 Å². The lowest BCUT2D eigenvalue weighted by Crippen LogP contribution is -2.32. The van der Waals surface area contributed by atoms with Gasteiger partial charge in [-0.05, 0) is 58.2 Å². The molecule has 0 aliphatic rings. The molecule has 0 spiro atoms. The zero-order valence-corrected chi connectivity index (χ0v) is 13.7. The van der Waals surface area contributed by atoms with Gasteiger partial charge in [0.15, 0.2) is 0 Å². The van der Waals surface area contributed by atoms with Gasteiger partial charge in [-0.25, -0.2) is 0 Å². The van der Waals surface area contributed by atoms with Crippen molar-refractivity contribution in [3.8, 4) is 0 Å². The molecule has 3 nitrogen and oxygen atoms in total. The molecule has 20 heavy (non-hydrogen) atoms. The highest BCUT2D eigenvalue weighted by Crippen LogP contribution is 2.12. The first-order valence-electron chi connectivity index (χ1n) is 7.75. The number of nitrogens with zero attached hydrogens (tertiary/aromatic N) is 2. The molecule has 0 unspecified atom stereocenters. The fourth-order valence-electron chi connectivity index (χ4n) is 2.38. The van der Waals surface area contributed by atoms with Crippen LogP contribution in [0.5, 0.6) is 0 Å². The molecule has 114 valence electrons. The molecule has 0 aromatic heterocycles. The van der Waals surface area contributed by atoms with Crippen LogP contribution in [-0.4, -0.2) is 57.1 Å². The second kappa shape index (κ2) is 9.92. The third-order valence-electron chi connectivity index (χ3n) is 3.56. The lowest BCUT2D eigenvalue weighted by molar-refractivity contribution is 0.233. The Labute approximate surface area is 125 Å². The average Bonchev–Trinajstić information content (AvgIpc) is 2.44. The van der Waals surface area contributed by atoms with E-state index in [1.54, 1.807) is 0 Å². The maximum atomic E-state index is 3.24. The summed E-state index contributed by atoms with van der Waals surface area (Å²) < 4.78 is 0. The van der Waals surface area contributed by atoms with Crippen LogP contribution in [0.1, 0.15) is 24.5 Å². The van der Waals surface area contributed by atoms with Crippen molar-refractivity contribution >= 4 is 0 Å². The molecule has 0 atom stereocenters. The van der Waals surface area contributed by atoms with Crippen LogP contribution in [0, 0.1) is 0 Å². The largest absolute Gasteiger partial charge is 0.319 e. The highest BCUT2D eigenvalue weighted by Gasteiger charge is 2.08. The van der Waals surface area contributed by atoms with E-state index in [2.05, 4.69) is 60.4 Å². The highest BCUT2D eigenvalue weighted by molar-refractivity contribution is 5.27. The van der Waals surface area contributed by atoms with Gasteiger partial charge < -0.3 is 10.2 Å². The van der Waals surface area contributed by atoms with Gasteiger partial charge in [0.2, 0.25) is 0 Å². The molecule has 1 rings (SSSR count). The van der Waals surface area contributed by atoms with Gasteiger partial charge in [0.1, 0.15) is 0 Å². The summed E-state index contributed by atoms with van der Waals surface area (Å²) in [6, 6.07) is 8.86. The van der Waals surface area contributed by atoms with E-state index in [0.717, 1.165) is 32.6 Å². The van der Waals surface area contributed by atoms with E-state index in [0.29, 0.717) is 0 Å². The molecular formula is C17H31N3. The van der Waals surface area contributed by atoms with Crippen LogP contribution in [0.3, 0.4) is 0 Å². The van der Waals surface area contributed by atoms with Gasteiger partial charge in [-0.1, -0.05) is 31.2 Å². The van der Waals surface area contributed by atoms with Crippen LogP contribution in [-0.2, 0) is 13.0 Å². The minimum atomic E-state index is 1.04. The lowest BCUT2D eigenvalue weighted by atomic mass is 10.0. The van der Waals surface area contributed by atoms with Gasteiger partial charge in [-0.3, -0.25) is 4.90 Å². The molecule has 0 aliphatic carbocycles. The van der Waals surface area contributed by atoms with Crippen LogP contribution in [0.2, 0.25) is 0 Å². The number of hydrogen-bond donors (Lipinski definition) is 1. The third-order valence-corrected chi connectivity index (χ3v) is 3.56. The Bertz CT molecular complexity index is 363. The van der Waals surface area contributed by atoms with E-state index < -0.39 is 0 Å². The molecule has 1 aromatic carbocycles. The van der Waals surface area contributed by atoms with Crippen molar-refractivity contribution < 1.29 is 0 Å². The zero-order chi connectivity index (χ0) is 14.8. The molecule has 0 amide bonds. The maximum Gasteiger partial charge on any atom is 0.0237 e. The predicted octanol–water partition coefficient (Wildman–Crippen LogP) is 2.22. The minimum absolute atomic E-state index is 1.04.